The Morgan fingerprint density at radius 2 is 2.00 bits per heavy atom. The SMILES string of the molecule is Cc1cc(Br)ccc1S(=O)(=O)N(CC(=O)O)C(C)C. The average Bonchev–Trinajstić information content (AvgIpc) is 2.24. The highest BCUT2D eigenvalue weighted by molar-refractivity contribution is 9.10. The fourth-order valence-electron chi connectivity index (χ4n) is 1.71. The molecule has 0 aromatic heterocycles. The monoisotopic (exact) mass is 349 g/mol. The van der Waals surface area contributed by atoms with Crippen molar-refractivity contribution in [1.82, 2.24) is 4.31 Å². The zero-order valence-electron chi connectivity index (χ0n) is 10.9. The zero-order chi connectivity index (χ0) is 14.8. The second-order valence-corrected chi connectivity index (χ2v) is 7.22. The maximum atomic E-state index is 12.5. The summed E-state index contributed by atoms with van der Waals surface area (Å²) in [5.41, 5.74) is 0.574. The van der Waals surface area contributed by atoms with Gasteiger partial charge in [-0.05, 0) is 44.5 Å². The fourth-order valence-corrected chi connectivity index (χ4v) is 3.98. The standard InChI is InChI=1S/C12H16BrNO4S/c1-8(2)14(7-12(15)16)19(17,18)11-5-4-10(13)6-9(11)3/h4-6,8H,7H2,1-3H3,(H,15,16). The van der Waals surface area contributed by atoms with E-state index in [1.165, 1.54) is 6.07 Å². The summed E-state index contributed by atoms with van der Waals surface area (Å²) in [4.78, 5) is 10.9. The van der Waals surface area contributed by atoms with Gasteiger partial charge in [0, 0.05) is 10.5 Å². The number of benzene rings is 1. The number of carboxylic acids is 1. The third-order valence-electron chi connectivity index (χ3n) is 2.59. The molecule has 1 rings (SSSR count). The maximum Gasteiger partial charge on any atom is 0.318 e. The van der Waals surface area contributed by atoms with Crippen LogP contribution < -0.4 is 0 Å². The number of rotatable bonds is 5. The van der Waals surface area contributed by atoms with Crippen LogP contribution in [0.2, 0.25) is 0 Å². The molecule has 1 aromatic carbocycles. The lowest BCUT2D eigenvalue weighted by molar-refractivity contribution is -0.137. The van der Waals surface area contributed by atoms with Gasteiger partial charge in [0.05, 0.1) is 4.90 Å². The molecule has 0 aliphatic heterocycles. The van der Waals surface area contributed by atoms with Crippen molar-refractivity contribution in [2.75, 3.05) is 6.54 Å². The molecule has 0 bridgehead atoms. The van der Waals surface area contributed by atoms with Gasteiger partial charge in [0.2, 0.25) is 10.0 Å². The predicted molar refractivity (Wildman–Crippen MR) is 75.5 cm³/mol. The molecule has 1 N–H and O–H groups in total. The van der Waals surface area contributed by atoms with Crippen molar-refractivity contribution in [3.05, 3.63) is 28.2 Å². The van der Waals surface area contributed by atoms with Crippen LogP contribution in [0.1, 0.15) is 19.4 Å². The molecule has 0 atom stereocenters. The molecule has 0 amide bonds. The summed E-state index contributed by atoms with van der Waals surface area (Å²) >= 11 is 3.27. The molecule has 0 aliphatic carbocycles. The maximum absolute atomic E-state index is 12.5. The number of carbonyl (C=O) groups is 1. The van der Waals surface area contributed by atoms with E-state index in [0.717, 1.165) is 8.78 Å². The lowest BCUT2D eigenvalue weighted by Gasteiger charge is -2.25. The number of aliphatic carboxylic acids is 1. The van der Waals surface area contributed by atoms with Gasteiger partial charge in [-0.15, -0.1) is 0 Å². The number of aryl methyl sites for hydroxylation is 1. The number of halogens is 1. The molecule has 5 nitrogen and oxygen atoms in total. The quantitative estimate of drug-likeness (QED) is 0.884. The van der Waals surface area contributed by atoms with Crippen LogP contribution in [0.3, 0.4) is 0 Å². The van der Waals surface area contributed by atoms with Gasteiger partial charge in [-0.25, -0.2) is 8.42 Å². The first-order chi connectivity index (χ1) is 8.66. The molecule has 0 heterocycles. The minimum Gasteiger partial charge on any atom is -0.480 e. The van der Waals surface area contributed by atoms with E-state index in [2.05, 4.69) is 15.9 Å². The van der Waals surface area contributed by atoms with Gasteiger partial charge in [0.15, 0.2) is 0 Å². The molecule has 0 spiro atoms. The summed E-state index contributed by atoms with van der Waals surface area (Å²) in [6.07, 6.45) is 0. The van der Waals surface area contributed by atoms with Gasteiger partial charge in [-0.3, -0.25) is 4.79 Å². The third kappa shape index (κ3) is 3.77. The van der Waals surface area contributed by atoms with Gasteiger partial charge >= 0.3 is 5.97 Å². The molecule has 0 fully saturated rings. The Morgan fingerprint density at radius 3 is 2.42 bits per heavy atom. The Kier molecular flexibility index (Phi) is 5.11. The molecule has 0 radical (unpaired) electrons. The minimum atomic E-state index is -3.81. The van der Waals surface area contributed by atoms with Crippen molar-refractivity contribution in [1.29, 1.82) is 0 Å². The number of hydrogen-bond acceptors (Lipinski definition) is 3. The van der Waals surface area contributed by atoms with Crippen molar-refractivity contribution < 1.29 is 18.3 Å². The Labute approximate surface area is 121 Å². The van der Waals surface area contributed by atoms with Crippen LogP contribution in [0, 0.1) is 6.92 Å². The van der Waals surface area contributed by atoms with Crippen molar-refractivity contribution in [2.45, 2.75) is 31.7 Å². The lowest BCUT2D eigenvalue weighted by Crippen LogP contribution is -2.40. The first-order valence-electron chi connectivity index (χ1n) is 5.66. The summed E-state index contributed by atoms with van der Waals surface area (Å²) < 4.78 is 26.7. The molecule has 0 saturated carbocycles. The normalized spacial score (nSPS) is 12.1. The Morgan fingerprint density at radius 1 is 1.42 bits per heavy atom. The first kappa shape index (κ1) is 16.1. The second-order valence-electron chi connectivity index (χ2n) is 4.45. The van der Waals surface area contributed by atoms with E-state index >= 15 is 0 Å². The van der Waals surface area contributed by atoms with E-state index in [0.29, 0.717) is 5.56 Å². The van der Waals surface area contributed by atoms with Gasteiger partial charge in [0.25, 0.3) is 0 Å². The fraction of sp³-hybridized carbons (Fsp3) is 0.417. The van der Waals surface area contributed by atoms with E-state index < -0.39 is 28.6 Å². The van der Waals surface area contributed by atoms with E-state index in [9.17, 15) is 13.2 Å². The first-order valence-corrected chi connectivity index (χ1v) is 7.89. The summed E-state index contributed by atoms with van der Waals surface area (Å²) in [6.45, 7) is 4.43. The average molecular weight is 350 g/mol. The van der Waals surface area contributed by atoms with Crippen LogP contribution in [-0.2, 0) is 14.8 Å². The van der Waals surface area contributed by atoms with Crippen molar-refractivity contribution in [3.8, 4) is 0 Å². The van der Waals surface area contributed by atoms with Crippen molar-refractivity contribution in [3.63, 3.8) is 0 Å². The lowest BCUT2D eigenvalue weighted by atomic mass is 10.2. The Balaban J connectivity index is 3.30. The Hall–Kier alpha value is -0.920. The molecule has 7 heteroatoms. The summed E-state index contributed by atoms with van der Waals surface area (Å²) in [6, 6.07) is 4.36. The zero-order valence-corrected chi connectivity index (χ0v) is 13.3. The topological polar surface area (TPSA) is 74.7 Å². The summed E-state index contributed by atoms with van der Waals surface area (Å²) in [5, 5.41) is 8.84. The van der Waals surface area contributed by atoms with E-state index in [1.807, 2.05) is 0 Å². The van der Waals surface area contributed by atoms with Crippen LogP contribution >= 0.6 is 15.9 Å². The van der Waals surface area contributed by atoms with Crippen molar-refractivity contribution >= 4 is 31.9 Å². The highest BCUT2D eigenvalue weighted by Gasteiger charge is 2.30. The molecule has 0 unspecified atom stereocenters. The van der Waals surface area contributed by atoms with E-state index in [1.54, 1.807) is 32.9 Å². The molecule has 19 heavy (non-hydrogen) atoms. The smallest absolute Gasteiger partial charge is 0.318 e. The third-order valence-corrected chi connectivity index (χ3v) is 5.27. The van der Waals surface area contributed by atoms with Crippen molar-refractivity contribution in [2.24, 2.45) is 0 Å². The molecule has 0 saturated heterocycles. The molecular formula is C12H16BrNO4S. The highest BCUT2D eigenvalue weighted by Crippen LogP contribution is 2.24. The predicted octanol–water partition coefficient (Wildman–Crippen LogP) is 2.24. The van der Waals surface area contributed by atoms with Crippen LogP contribution in [0.15, 0.2) is 27.6 Å². The number of nitrogens with zero attached hydrogens (tertiary/aromatic N) is 1. The van der Waals surface area contributed by atoms with Crippen LogP contribution in [0.5, 0.6) is 0 Å². The summed E-state index contributed by atoms with van der Waals surface area (Å²) in [7, 11) is -3.81. The highest BCUT2D eigenvalue weighted by atomic mass is 79.9. The molecule has 0 aliphatic rings. The number of sulfonamides is 1. The van der Waals surface area contributed by atoms with E-state index in [-0.39, 0.29) is 4.90 Å². The molecular weight excluding hydrogens is 334 g/mol. The summed E-state index contributed by atoms with van der Waals surface area (Å²) in [5.74, 6) is -1.17. The van der Waals surface area contributed by atoms with Crippen LogP contribution in [0.4, 0.5) is 0 Å². The van der Waals surface area contributed by atoms with E-state index in [4.69, 9.17) is 5.11 Å². The molecule has 1 aromatic rings. The van der Waals surface area contributed by atoms with Gasteiger partial charge in [-0.2, -0.15) is 4.31 Å². The Bertz CT molecular complexity index is 583. The van der Waals surface area contributed by atoms with Crippen LogP contribution in [-0.4, -0.2) is 36.4 Å². The largest absolute Gasteiger partial charge is 0.480 e. The number of carboxylic acid groups (broad SMARTS) is 1. The molecule has 106 valence electrons. The second kappa shape index (κ2) is 6.02. The minimum absolute atomic E-state index is 0.130. The van der Waals surface area contributed by atoms with Crippen LogP contribution in [0.25, 0.3) is 0 Å². The van der Waals surface area contributed by atoms with Gasteiger partial charge in [-0.1, -0.05) is 15.9 Å². The van der Waals surface area contributed by atoms with Gasteiger partial charge < -0.3 is 5.11 Å². The number of hydrogen-bond donors (Lipinski definition) is 1. The van der Waals surface area contributed by atoms with Gasteiger partial charge in [0.1, 0.15) is 6.54 Å².